The molecule has 0 aromatic heterocycles. The van der Waals surface area contributed by atoms with E-state index in [1.54, 1.807) is 0 Å². The monoisotopic (exact) mass is 212 g/mol. The molecular formula is C11H20N2O2. The van der Waals surface area contributed by atoms with Crippen LogP contribution >= 0.6 is 0 Å². The highest BCUT2D eigenvalue weighted by molar-refractivity contribution is 5.82. The van der Waals surface area contributed by atoms with Gasteiger partial charge in [0, 0.05) is 19.2 Å². The van der Waals surface area contributed by atoms with Gasteiger partial charge in [-0.1, -0.05) is 0 Å². The van der Waals surface area contributed by atoms with Crippen molar-refractivity contribution in [3.8, 4) is 0 Å². The summed E-state index contributed by atoms with van der Waals surface area (Å²) in [6.07, 6.45) is 3.48. The fourth-order valence-electron chi connectivity index (χ4n) is 1.89. The highest BCUT2D eigenvalue weighted by atomic mass is 16.5. The summed E-state index contributed by atoms with van der Waals surface area (Å²) in [5.41, 5.74) is 5.90. The molecule has 3 N–H and O–H groups in total. The summed E-state index contributed by atoms with van der Waals surface area (Å²) in [6.45, 7) is 3.27. The van der Waals surface area contributed by atoms with Crippen molar-refractivity contribution in [2.45, 2.75) is 38.3 Å². The van der Waals surface area contributed by atoms with Gasteiger partial charge in [-0.25, -0.2) is 0 Å². The van der Waals surface area contributed by atoms with Crippen molar-refractivity contribution >= 4 is 5.91 Å². The first-order valence-electron chi connectivity index (χ1n) is 5.87. The largest absolute Gasteiger partial charge is 0.378 e. The van der Waals surface area contributed by atoms with Crippen LogP contribution in [0.5, 0.6) is 0 Å². The van der Waals surface area contributed by atoms with Crippen LogP contribution in [0.3, 0.4) is 0 Å². The van der Waals surface area contributed by atoms with E-state index in [9.17, 15) is 4.79 Å². The zero-order valence-corrected chi connectivity index (χ0v) is 9.24. The second-order valence-electron chi connectivity index (χ2n) is 4.58. The average molecular weight is 212 g/mol. The molecule has 2 aliphatic carbocycles. The van der Waals surface area contributed by atoms with Gasteiger partial charge in [-0.15, -0.1) is 0 Å². The highest BCUT2D eigenvalue weighted by Crippen LogP contribution is 2.34. The molecule has 3 unspecified atom stereocenters. The lowest BCUT2D eigenvalue weighted by molar-refractivity contribution is -0.123. The molecule has 2 fully saturated rings. The van der Waals surface area contributed by atoms with E-state index < -0.39 is 0 Å². The Bertz CT molecular complexity index is 241. The standard InChI is InChI=1S/C11H20N2O2/c1-2-15-10-5-8(10)11(14)13-6-9(12)7-3-4-7/h7-10H,2-6,12H2,1H3,(H,13,14). The first-order chi connectivity index (χ1) is 7.22. The van der Waals surface area contributed by atoms with E-state index in [1.165, 1.54) is 12.8 Å². The van der Waals surface area contributed by atoms with Gasteiger partial charge in [0.2, 0.25) is 5.91 Å². The first kappa shape index (κ1) is 10.9. The predicted molar refractivity (Wildman–Crippen MR) is 57.2 cm³/mol. The Hall–Kier alpha value is -0.610. The second kappa shape index (κ2) is 4.49. The lowest BCUT2D eigenvalue weighted by atomic mass is 10.2. The van der Waals surface area contributed by atoms with Gasteiger partial charge in [0.1, 0.15) is 0 Å². The Balaban J connectivity index is 1.61. The van der Waals surface area contributed by atoms with Crippen LogP contribution in [0.4, 0.5) is 0 Å². The predicted octanol–water partition coefficient (Wildman–Crippen LogP) is 0.265. The lowest BCUT2D eigenvalue weighted by Gasteiger charge is -2.11. The van der Waals surface area contributed by atoms with E-state index in [-0.39, 0.29) is 24.0 Å². The molecule has 0 bridgehead atoms. The third-order valence-corrected chi connectivity index (χ3v) is 3.19. The minimum Gasteiger partial charge on any atom is -0.378 e. The summed E-state index contributed by atoms with van der Waals surface area (Å²) in [6, 6.07) is 0.151. The molecule has 0 saturated heterocycles. The number of amides is 1. The number of ether oxygens (including phenoxy) is 1. The van der Waals surface area contributed by atoms with E-state index in [4.69, 9.17) is 10.5 Å². The zero-order valence-electron chi connectivity index (χ0n) is 9.24. The highest BCUT2D eigenvalue weighted by Gasteiger charge is 2.44. The summed E-state index contributed by atoms with van der Waals surface area (Å²) in [5, 5.41) is 2.91. The second-order valence-corrected chi connectivity index (χ2v) is 4.58. The SMILES string of the molecule is CCOC1CC1C(=O)NCC(N)C1CC1. The molecule has 2 aliphatic rings. The Morgan fingerprint density at radius 1 is 1.60 bits per heavy atom. The Kier molecular flexibility index (Phi) is 3.26. The molecule has 0 aromatic rings. The molecular weight excluding hydrogens is 192 g/mol. The van der Waals surface area contributed by atoms with E-state index in [2.05, 4.69) is 5.32 Å². The van der Waals surface area contributed by atoms with Crippen molar-refractivity contribution in [1.29, 1.82) is 0 Å². The lowest BCUT2D eigenvalue weighted by Crippen LogP contribution is -2.39. The molecule has 0 heterocycles. The fourth-order valence-corrected chi connectivity index (χ4v) is 1.89. The van der Waals surface area contributed by atoms with Gasteiger partial charge in [-0.05, 0) is 32.1 Å². The number of hydrogen-bond donors (Lipinski definition) is 2. The smallest absolute Gasteiger partial charge is 0.225 e. The van der Waals surface area contributed by atoms with Crippen LogP contribution in [-0.2, 0) is 9.53 Å². The summed E-state index contributed by atoms with van der Waals surface area (Å²) in [7, 11) is 0. The third-order valence-electron chi connectivity index (χ3n) is 3.19. The molecule has 3 atom stereocenters. The van der Waals surface area contributed by atoms with Gasteiger partial charge in [-0.3, -0.25) is 4.79 Å². The Morgan fingerprint density at radius 3 is 2.93 bits per heavy atom. The van der Waals surface area contributed by atoms with Crippen LogP contribution in [0, 0.1) is 11.8 Å². The molecule has 2 rings (SSSR count). The van der Waals surface area contributed by atoms with Gasteiger partial charge in [0.05, 0.1) is 12.0 Å². The minimum atomic E-state index is 0.0800. The van der Waals surface area contributed by atoms with Crippen molar-refractivity contribution in [2.75, 3.05) is 13.2 Å². The van der Waals surface area contributed by atoms with Crippen molar-refractivity contribution in [2.24, 2.45) is 17.6 Å². The topological polar surface area (TPSA) is 64.3 Å². The van der Waals surface area contributed by atoms with Crippen LogP contribution in [0.15, 0.2) is 0 Å². The van der Waals surface area contributed by atoms with E-state index >= 15 is 0 Å². The summed E-state index contributed by atoms with van der Waals surface area (Å²) in [4.78, 5) is 11.6. The third kappa shape index (κ3) is 2.92. The summed E-state index contributed by atoms with van der Waals surface area (Å²) >= 11 is 0. The number of nitrogens with one attached hydrogen (secondary N) is 1. The molecule has 4 nitrogen and oxygen atoms in total. The summed E-state index contributed by atoms with van der Waals surface area (Å²) in [5.74, 6) is 0.841. The maximum atomic E-state index is 11.6. The Morgan fingerprint density at radius 2 is 2.33 bits per heavy atom. The van der Waals surface area contributed by atoms with Crippen LogP contribution in [-0.4, -0.2) is 31.2 Å². The first-order valence-corrected chi connectivity index (χ1v) is 5.87. The van der Waals surface area contributed by atoms with Gasteiger partial charge >= 0.3 is 0 Å². The van der Waals surface area contributed by atoms with Gasteiger partial charge in [0.15, 0.2) is 0 Å². The molecule has 86 valence electrons. The molecule has 0 aromatic carbocycles. The average Bonchev–Trinajstić information content (AvgIpc) is 3.05. The number of rotatable bonds is 6. The maximum absolute atomic E-state index is 11.6. The van der Waals surface area contributed by atoms with Crippen molar-refractivity contribution in [3.63, 3.8) is 0 Å². The number of nitrogens with two attached hydrogens (primary N) is 1. The molecule has 15 heavy (non-hydrogen) atoms. The number of hydrogen-bond acceptors (Lipinski definition) is 3. The van der Waals surface area contributed by atoms with Crippen LogP contribution in [0.25, 0.3) is 0 Å². The molecule has 0 radical (unpaired) electrons. The van der Waals surface area contributed by atoms with Crippen molar-refractivity contribution < 1.29 is 9.53 Å². The van der Waals surface area contributed by atoms with Crippen molar-refractivity contribution in [1.82, 2.24) is 5.32 Å². The maximum Gasteiger partial charge on any atom is 0.225 e. The quantitative estimate of drug-likeness (QED) is 0.664. The van der Waals surface area contributed by atoms with E-state index in [0.717, 1.165) is 6.42 Å². The molecule has 2 saturated carbocycles. The molecule has 0 aliphatic heterocycles. The van der Waals surface area contributed by atoms with Gasteiger partial charge < -0.3 is 15.8 Å². The van der Waals surface area contributed by atoms with Crippen molar-refractivity contribution in [3.05, 3.63) is 0 Å². The normalized spacial score (nSPS) is 31.1. The summed E-state index contributed by atoms with van der Waals surface area (Å²) < 4.78 is 5.36. The minimum absolute atomic E-state index is 0.0800. The van der Waals surface area contributed by atoms with Gasteiger partial charge in [0.25, 0.3) is 0 Å². The van der Waals surface area contributed by atoms with Crippen LogP contribution in [0.2, 0.25) is 0 Å². The fraction of sp³-hybridized carbons (Fsp3) is 0.909. The van der Waals surface area contributed by atoms with E-state index in [1.807, 2.05) is 6.92 Å². The molecule has 1 amide bonds. The zero-order chi connectivity index (χ0) is 10.8. The van der Waals surface area contributed by atoms with E-state index in [0.29, 0.717) is 19.1 Å². The van der Waals surface area contributed by atoms with Crippen LogP contribution in [0.1, 0.15) is 26.2 Å². The molecule has 0 spiro atoms. The molecule has 4 heteroatoms. The number of carbonyl (C=O) groups is 1. The Labute approximate surface area is 90.5 Å². The number of carbonyl (C=O) groups excluding carboxylic acids is 1. The van der Waals surface area contributed by atoms with Gasteiger partial charge in [-0.2, -0.15) is 0 Å². The van der Waals surface area contributed by atoms with Crippen LogP contribution < -0.4 is 11.1 Å².